The van der Waals surface area contributed by atoms with Gasteiger partial charge in [0.25, 0.3) is 5.91 Å². The Morgan fingerprint density at radius 3 is 2.35 bits per heavy atom. The van der Waals surface area contributed by atoms with E-state index in [1.165, 1.54) is 0 Å². The van der Waals surface area contributed by atoms with Gasteiger partial charge in [-0.15, -0.1) is 0 Å². The molecular formula is C17H19N5O. The third kappa shape index (κ3) is 2.88. The van der Waals surface area contributed by atoms with Crippen LogP contribution < -0.4 is 5.32 Å². The number of carbonyl (C=O) groups excluding carboxylic acids is 1. The number of nitrogens with zero attached hydrogens (tertiary/aromatic N) is 3. The number of hydrogen-bond donors (Lipinski definition) is 2. The normalized spacial score (nSPS) is 10.8. The third-order valence-electron chi connectivity index (χ3n) is 3.87. The summed E-state index contributed by atoms with van der Waals surface area (Å²) in [6.45, 7) is 7.67. The van der Waals surface area contributed by atoms with Crippen molar-refractivity contribution in [3.63, 3.8) is 0 Å². The van der Waals surface area contributed by atoms with Crippen molar-refractivity contribution in [1.29, 1.82) is 0 Å². The summed E-state index contributed by atoms with van der Waals surface area (Å²) in [5.74, 6) is 0.517. The predicted molar refractivity (Wildman–Crippen MR) is 89.1 cm³/mol. The minimum atomic E-state index is -0.214. The van der Waals surface area contributed by atoms with E-state index in [-0.39, 0.29) is 5.91 Å². The molecule has 0 saturated heterocycles. The zero-order valence-corrected chi connectivity index (χ0v) is 13.6. The minimum absolute atomic E-state index is 0.214. The molecule has 0 aliphatic heterocycles. The highest BCUT2D eigenvalue weighted by Gasteiger charge is 2.13. The lowest BCUT2D eigenvalue weighted by Gasteiger charge is -2.08. The summed E-state index contributed by atoms with van der Waals surface area (Å²) in [7, 11) is 0. The van der Waals surface area contributed by atoms with Gasteiger partial charge in [0, 0.05) is 22.8 Å². The van der Waals surface area contributed by atoms with Crippen LogP contribution in [0.15, 0.2) is 30.6 Å². The van der Waals surface area contributed by atoms with Crippen molar-refractivity contribution in [3.05, 3.63) is 59.2 Å². The molecule has 0 radical (unpaired) electrons. The quantitative estimate of drug-likeness (QED) is 0.780. The molecule has 118 valence electrons. The fraction of sp³-hybridized carbons (Fsp3) is 0.235. The van der Waals surface area contributed by atoms with Crippen LogP contribution in [0.3, 0.4) is 0 Å². The molecule has 0 fully saturated rings. The van der Waals surface area contributed by atoms with Gasteiger partial charge in [0.1, 0.15) is 11.5 Å². The Balaban J connectivity index is 1.79. The number of nitrogens with one attached hydrogen (secondary N) is 2. The number of anilines is 1. The fourth-order valence-electron chi connectivity index (χ4n) is 2.49. The number of carbonyl (C=O) groups is 1. The number of H-pyrrole nitrogens is 1. The molecular weight excluding hydrogens is 290 g/mol. The second kappa shape index (κ2) is 5.72. The number of aryl methyl sites for hydroxylation is 3. The van der Waals surface area contributed by atoms with Gasteiger partial charge < -0.3 is 14.9 Å². The molecule has 2 aromatic heterocycles. The molecule has 0 aliphatic carbocycles. The van der Waals surface area contributed by atoms with E-state index in [2.05, 4.69) is 20.3 Å². The van der Waals surface area contributed by atoms with Crippen LogP contribution in [0.5, 0.6) is 0 Å². The molecule has 6 nitrogen and oxygen atoms in total. The molecule has 3 rings (SSSR count). The molecule has 1 aromatic carbocycles. The second-order valence-corrected chi connectivity index (χ2v) is 5.58. The smallest absolute Gasteiger partial charge is 0.276 e. The Hall–Kier alpha value is -2.89. The molecule has 0 atom stereocenters. The van der Waals surface area contributed by atoms with Crippen LogP contribution in [0.25, 0.3) is 5.69 Å². The molecule has 0 unspecified atom stereocenters. The first kappa shape index (κ1) is 15.0. The van der Waals surface area contributed by atoms with Crippen LogP contribution in [0, 0.1) is 27.7 Å². The Morgan fingerprint density at radius 2 is 1.83 bits per heavy atom. The van der Waals surface area contributed by atoms with Crippen molar-refractivity contribution in [3.8, 4) is 5.69 Å². The molecule has 0 aliphatic rings. The lowest BCUT2D eigenvalue weighted by molar-refractivity contribution is 0.102. The lowest BCUT2D eigenvalue weighted by atomic mass is 10.2. The third-order valence-corrected chi connectivity index (χ3v) is 3.87. The van der Waals surface area contributed by atoms with Gasteiger partial charge in [-0.25, -0.2) is 9.97 Å². The van der Waals surface area contributed by atoms with Gasteiger partial charge in [0.2, 0.25) is 0 Å². The van der Waals surface area contributed by atoms with Crippen LogP contribution >= 0.6 is 0 Å². The molecule has 6 heteroatoms. The maximum atomic E-state index is 12.3. The molecule has 3 aromatic rings. The van der Waals surface area contributed by atoms with E-state index in [1.54, 1.807) is 6.33 Å². The first-order valence-electron chi connectivity index (χ1n) is 7.41. The summed E-state index contributed by atoms with van der Waals surface area (Å²) < 4.78 is 2.02. The van der Waals surface area contributed by atoms with E-state index >= 15 is 0 Å². The van der Waals surface area contributed by atoms with Crippen LogP contribution in [0.4, 0.5) is 5.69 Å². The predicted octanol–water partition coefficient (Wildman–Crippen LogP) is 3.08. The number of benzene rings is 1. The van der Waals surface area contributed by atoms with Crippen LogP contribution in [-0.4, -0.2) is 25.4 Å². The number of amides is 1. The summed E-state index contributed by atoms with van der Waals surface area (Å²) in [6, 6.07) is 7.65. The van der Waals surface area contributed by atoms with Gasteiger partial charge in [-0.1, -0.05) is 0 Å². The average molecular weight is 309 g/mol. The SMILES string of the molecule is Cc1nc(C(=O)Nc2ccc(-n3cnc(C)c3C)cc2)c(C)[nH]1. The topological polar surface area (TPSA) is 75.6 Å². The number of hydrogen-bond acceptors (Lipinski definition) is 3. The number of aromatic nitrogens is 4. The summed E-state index contributed by atoms with van der Waals surface area (Å²) >= 11 is 0. The van der Waals surface area contributed by atoms with Crippen molar-refractivity contribution in [2.75, 3.05) is 5.32 Å². The Labute approximate surface area is 134 Å². The van der Waals surface area contributed by atoms with Crippen molar-refractivity contribution in [1.82, 2.24) is 19.5 Å². The van der Waals surface area contributed by atoms with Crippen molar-refractivity contribution in [2.24, 2.45) is 0 Å². The molecule has 0 spiro atoms. The van der Waals surface area contributed by atoms with Crippen LogP contribution in [-0.2, 0) is 0 Å². The maximum Gasteiger partial charge on any atom is 0.276 e. The van der Waals surface area contributed by atoms with Crippen molar-refractivity contribution in [2.45, 2.75) is 27.7 Å². The maximum absolute atomic E-state index is 12.3. The van der Waals surface area contributed by atoms with Gasteiger partial charge in [-0.3, -0.25) is 4.79 Å². The van der Waals surface area contributed by atoms with Crippen molar-refractivity contribution < 1.29 is 4.79 Å². The zero-order valence-electron chi connectivity index (χ0n) is 13.6. The Bertz CT molecular complexity index is 858. The van der Waals surface area contributed by atoms with Gasteiger partial charge in [0.15, 0.2) is 0 Å². The van der Waals surface area contributed by atoms with Gasteiger partial charge in [-0.05, 0) is 52.0 Å². The van der Waals surface area contributed by atoms with Crippen LogP contribution in [0.1, 0.15) is 33.4 Å². The van der Waals surface area contributed by atoms with E-state index in [1.807, 2.05) is 56.5 Å². The van der Waals surface area contributed by atoms with Crippen molar-refractivity contribution >= 4 is 11.6 Å². The van der Waals surface area contributed by atoms with E-state index in [4.69, 9.17) is 0 Å². The van der Waals surface area contributed by atoms with Gasteiger partial charge in [0.05, 0.1) is 12.0 Å². The second-order valence-electron chi connectivity index (χ2n) is 5.58. The van der Waals surface area contributed by atoms with E-state index in [0.717, 1.165) is 34.3 Å². The van der Waals surface area contributed by atoms with Crippen LogP contribution in [0.2, 0.25) is 0 Å². The minimum Gasteiger partial charge on any atom is -0.346 e. The first-order chi connectivity index (χ1) is 11.0. The molecule has 1 amide bonds. The summed E-state index contributed by atoms with van der Waals surface area (Å²) in [4.78, 5) is 23.8. The average Bonchev–Trinajstić information content (AvgIpc) is 3.03. The Kier molecular flexibility index (Phi) is 3.73. The lowest BCUT2D eigenvalue weighted by Crippen LogP contribution is -2.13. The number of rotatable bonds is 3. The summed E-state index contributed by atoms with van der Waals surface area (Å²) in [5.41, 5.74) is 5.03. The number of aromatic amines is 1. The largest absolute Gasteiger partial charge is 0.346 e. The standard InChI is InChI=1S/C17H19N5O/c1-10-12(3)22(9-18-10)15-7-5-14(6-8-15)21-17(23)16-11(2)19-13(4)20-16/h5-9H,1-4H3,(H,19,20)(H,21,23). The zero-order chi connectivity index (χ0) is 16.6. The highest BCUT2D eigenvalue weighted by molar-refractivity contribution is 6.03. The fourth-order valence-corrected chi connectivity index (χ4v) is 2.49. The molecule has 2 N–H and O–H groups in total. The first-order valence-corrected chi connectivity index (χ1v) is 7.41. The molecule has 0 bridgehead atoms. The number of imidazole rings is 2. The summed E-state index contributed by atoms with van der Waals surface area (Å²) in [6.07, 6.45) is 1.80. The van der Waals surface area contributed by atoms with E-state index in [0.29, 0.717) is 5.69 Å². The monoisotopic (exact) mass is 309 g/mol. The Morgan fingerprint density at radius 1 is 1.13 bits per heavy atom. The molecule has 2 heterocycles. The molecule has 0 saturated carbocycles. The highest BCUT2D eigenvalue weighted by Crippen LogP contribution is 2.17. The van der Waals surface area contributed by atoms with Gasteiger partial charge in [-0.2, -0.15) is 0 Å². The van der Waals surface area contributed by atoms with E-state index in [9.17, 15) is 4.79 Å². The van der Waals surface area contributed by atoms with E-state index < -0.39 is 0 Å². The van der Waals surface area contributed by atoms with Gasteiger partial charge >= 0.3 is 0 Å². The summed E-state index contributed by atoms with van der Waals surface area (Å²) in [5, 5.41) is 2.86. The highest BCUT2D eigenvalue weighted by atomic mass is 16.1. The molecule has 23 heavy (non-hydrogen) atoms.